The second-order valence-electron chi connectivity index (χ2n) is 4.27. The first-order valence-corrected chi connectivity index (χ1v) is 6.06. The number of ether oxygens (including phenoxy) is 1. The maximum atomic E-state index is 8.95. The van der Waals surface area contributed by atoms with Gasteiger partial charge in [-0.15, -0.1) is 0 Å². The molecule has 19 heavy (non-hydrogen) atoms. The molecule has 2 aromatic rings. The van der Waals surface area contributed by atoms with Gasteiger partial charge in [0.1, 0.15) is 12.4 Å². The van der Waals surface area contributed by atoms with E-state index in [4.69, 9.17) is 9.84 Å². The lowest BCUT2D eigenvalue weighted by atomic mass is 10.2. The molecule has 0 fully saturated rings. The lowest BCUT2D eigenvalue weighted by molar-refractivity contribution is -0.697. The number of hydrogen-bond acceptors (Lipinski definition) is 2. The molecule has 4 heteroatoms. The number of aliphatic hydroxyl groups is 1. The topological polar surface area (TPSA) is 33.3 Å². The number of nitrogens with zero attached hydrogens (tertiary/aromatic N) is 1. The van der Waals surface area contributed by atoms with Crippen LogP contribution in [0.1, 0.15) is 11.1 Å². The van der Waals surface area contributed by atoms with Crippen molar-refractivity contribution in [3.05, 3.63) is 59.9 Å². The van der Waals surface area contributed by atoms with E-state index in [1.807, 2.05) is 47.3 Å². The second-order valence-corrected chi connectivity index (χ2v) is 4.27. The standard InChI is InChI=1S/C15H18NO2.HI/c1-13-3-2-4-15(11-13)18-10-9-16-7-5-14(12-17)6-8-16;/h2-8,11,17H,9-10,12H2,1H3;1H/q+1;/p-1. The van der Waals surface area contributed by atoms with E-state index in [-0.39, 0.29) is 30.6 Å². The Balaban J connectivity index is 0.00000180. The Kier molecular flexibility index (Phi) is 6.80. The van der Waals surface area contributed by atoms with Crippen LogP contribution in [0.2, 0.25) is 0 Å². The predicted octanol–water partition coefficient (Wildman–Crippen LogP) is -1.14. The predicted molar refractivity (Wildman–Crippen MR) is 69.2 cm³/mol. The smallest absolute Gasteiger partial charge is 0.182 e. The van der Waals surface area contributed by atoms with Gasteiger partial charge in [0.2, 0.25) is 0 Å². The van der Waals surface area contributed by atoms with Gasteiger partial charge >= 0.3 is 0 Å². The van der Waals surface area contributed by atoms with E-state index in [0.29, 0.717) is 6.61 Å². The second kappa shape index (κ2) is 8.12. The number of hydrogen-bond donors (Lipinski definition) is 1. The Hall–Kier alpha value is -1.14. The molecule has 1 aromatic heterocycles. The van der Waals surface area contributed by atoms with Crippen molar-refractivity contribution in [3.8, 4) is 5.75 Å². The monoisotopic (exact) mass is 371 g/mol. The van der Waals surface area contributed by atoms with Crippen molar-refractivity contribution in [3.63, 3.8) is 0 Å². The molecule has 0 bridgehead atoms. The Morgan fingerprint density at radius 3 is 2.53 bits per heavy atom. The minimum absolute atomic E-state index is 0. The Morgan fingerprint density at radius 1 is 1.16 bits per heavy atom. The fraction of sp³-hybridized carbons (Fsp3) is 0.267. The molecule has 0 amide bonds. The number of aromatic nitrogens is 1. The van der Waals surface area contributed by atoms with Gasteiger partial charge in [0.15, 0.2) is 18.9 Å². The van der Waals surface area contributed by atoms with Crippen LogP contribution in [0, 0.1) is 6.92 Å². The summed E-state index contributed by atoms with van der Waals surface area (Å²) in [5.74, 6) is 0.905. The fourth-order valence-corrected chi connectivity index (χ4v) is 1.72. The van der Waals surface area contributed by atoms with Crippen molar-refractivity contribution in [2.24, 2.45) is 0 Å². The highest BCUT2D eigenvalue weighted by molar-refractivity contribution is 5.27. The SMILES string of the molecule is Cc1cccc(OCC[n+]2ccc(CO)cc2)c1.[I-]. The van der Waals surface area contributed by atoms with Crippen molar-refractivity contribution < 1.29 is 38.4 Å². The van der Waals surface area contributed by atoms with Crippen LogP contribution in [0.25, 0.3) is 0 Å². The first-order chi connectivity index (χ1) is 8.78. The first kappa shape index (κ1) is 15.9. The molecule has 0 saturated heterocycles. The molecule has 0 saturated carbocycles. The summed E-state index contributed by atoms with van der Waals surface area (Å²) in [4.78, 5) is 0. The molecular formula is C15H18INO2. The zero-order valence-corrected chi connectivity index (χ0v) is 13.1. The van der Waals surface area contributed by atoms with Crippen molar-refractivity contribution in [2.45, 2.75) is 20.1 Å². The number of aliphatic hydroxyl groups excluding tert-OH is 1. The molecule has 2 rings (SSSR count). The van der Waals surface area contributed by atoms with Gasteiger partial charge in [0.05, 0.1) is 6.61 Å². The van der Waals surface area contributed by atoms with Crippen molar-refractivity contribution in [1.82, 2.24) is 0 Å². The van der Waals surface area contributed by atoms with E-state index in [1.165, 1.54) is 5.56 Å². The summed E-state index contributed by atoms with van der Waals surface area (Å²) in [6, 6.07) is 11.9. The normalized spacial score (nSPS) is 9.79. The summed E-state index contributed by atoms with van der Waals surface area (Å²) in [5, 5.41) is 8.95. The van der Waals surface area contributed by atoms with Crippen LogP contribution in [0.15, 0.2) is 48.8 Å². The minimum Gasteiger partial charge on any atom is -1.00 e. The molecule has 0 spiro atoms. The number of pyridine rings is 1. The lowest BCUT2D eigenvalue weighted by Gasteiger charge is -2.04. The molecule has 0 aliphatic carbocycles. The number of halogens is 1. The molecular weight excluding hydrogens is 353 g/mol. The fourth-order valence-electron chi connectivity index (χ4n) is 1.72. The molecule has 0 aliphatic rings. The molecule has 1 aromatic carbocycles. The molecule has 102 valence electrons. The molecule has 0 radical (unpaired) electrons. The van der Waals surface area contributed by atoms with Crippen LogP contribution in [-0.4, -0.2) is 11.7 Å². The number of rotatable bonds is 5. The van der Waals surface area contributed by atoms with Crippen molar-refractivity contribution in [1.29, 1.82) is 0 Å². The van der Waals surface area contributed by atoms with Gasteiger partial charge in [-0.2, -0.15) is 0 Å². The van der Waals surface area contributed by atoms with Crippen molar-refractivity contribution in [2.75, 3.05) is 6.61 Å². The maximum absolute atomic E-state index is 8.95. The van der Waals surface area contributed by atoms with Crippen LogP contribution >= 0.6 is 0 Å². The number of benzene rings is 1. The summed E-state index contributed by atoms with van der Waals surface area (Å²) in [7, 11) is 0. The van der Waals surface area contributed by atoms with Gasteiger partial charge in [0, 0.05) is 12.1 Å². The quantitative estimate of drug-likeness (QED) is 0.533. The van der Waals surface area contributed by atoms with Crippen LogP contribution < -0.4 is 33.3 Å². The van der Waals surface area contributed by atoms with Gasteiger partial charge in [-0.25, -0.2) is 4.57 Å². The highest BCUT2D eigenvalue weighted by Gasteiger charge is 2.01. The van der Waals surface area contributed by atoms with Gasteiger partial charge in [-0.1, -0.05) is 12.1 Å². The summed E-state index contributed by atoms with van der Waals surface area (Å²) >= 11 is 0. The van der Waals surface area contributed by atoms with Crippen LogP contribution in [0.3, 0.4) is 0 Å². The Bertz CT molecular complexity index is 500. The first-order valence-electron chi connectivity index (χ1n) is 6.06. The summed E-state index contributed by atoms with van der Waals surface area (Å²) < 4.78 is 7.71. The third kappa shape index (κ3) is 5.16. The molecule has 0 atom stereocenters. The molecule has 1 N–H and O–H groups in total. The zero-order chi connectivity index (χ0) is 12.8. The molecule has 1 heterocycles. The van der Waals surface area contributed by atoms with E-state index in [2.05, 4.69) is 13.0 Å². The summed E-state index contributed by atoms with van der Waals surface area (Å²) in [5.41, 5.74) is 2.12. The van der Waals surface area contributed by atoms with Gasteiger partial charge in [-0.3, -0.25) is 0 Å². The van der Waals surface area contributed by atoms with Gasteiger partial charge < -0.3 is 33.8 Å². The third-order valence-electron chi connectivity index (χ3n) is 2.75. The average Bonchev–Trinajstić information content (AvgIpc) is 2.40. The average molecular weight is 371 g/mol. The maximum Gasteiger partial charge on any atom is 0.182 e. The number of aryl methyl sites for hydroxylation is 1. The van der Waals surface area contributed by atoms with E-state index < -0.39 is 0 Å². The van der Waals surface area contributed by atoms with E-state index in [9.17, 15) is 0 Å². The van der Waals surface area contributed by atoms with Gasteiger partial charge in [0.25, 0.3) is 0 Å². The molecule has 0 unspecified atom stereocenters. The zero-order valence-electron chi connectivity index (χ0n) is 10.9. The van der Waals surface area contributed by atoms with Crippen LogP contribution in [0.4, 0.5) is 0 Å². The van der Waals surface area contributed by atoms with Crippen LogP contribution in [0.5, 0.6) is 5.75 Å². The highest BCUT2D eigenvalue weighted by atomic mass is 127. The van der Waals surface area contributed by atoms with E-state index >= 15 is 0 Å². The van der Waals surface area contributed by atoms with Gasteiger partial charge in [-0.05, 0) is 30.2 Å². The van der Waals surface area contributed by atoms with Crippen LogP contribution in [-0.2, 0) is 13.2 Å². The summed E-state index contributed by atoms with van der Waals surface area (Å²) in [6.07, 6.45) is 3.90. The van der Waals surface area contributed by atoms with E-state index in [0.717, 1.165) is 17.9 Å². The Labute approximate surface area is 130 Å². The minimum atomic E-state index is 0. The third-order valence-corrected chi connectivity index (χ3v) is 2.75. The Morgan fingerprint density at radius 2 is 1.89 bits per heavy atom. The van der Waals surface area contributed by atoms with Crippen molar-refractivity contribution >= 4 is 0 Å². The lowest BCUT2D eigenvalue weighted by Crippen LogP contribution is -3.00. The molecule has 3 nitrogen and oxygen atoms in total. The highest BCUT2D eigenvalue weighted by Crippen LogP contribution is 2.11. The molecule has 0 aliphatic heterocycles. The summed E-state index contributed by atoms with van der Waals surface area (Å²) in [6.45, 7) is 3.56. The van der Waals surface area contributed by atoms with E-state index in [1.54, 1.807) is 0 Å². The largest absolute Gasteiger partial charge is 1.00 e.